The molecule has 204 valence electrons. The zero-order valence-corrected chi connectivity index (χ0v) is 23.4. The van der Waals surface area contributed by atoms with E-state index in [1.165, 1.54) is 0 Å². The first-order valence-corrected chi connectivity index (χ1v) is 13.1. The number of phenolic OH excluding ortho intramolecular Hbond substituents is 1. The molecule has 2 heterocycles. The number of anilines is 1. The molecule has 2 aromatic heterocycles. The molecule has 0 saturated heterocycles. The molecule has 0 spiro atoms. The highest BCUT2D eigenvalue weighted by molar-refractivity contribution is 5.98. The van der Waals surface area contributed by atoms with Crippen molar-refractivity contribution in [2.24, 2.45) is 0 Å². The van der Waals surface area contributed by atoms with Gasteiger partial charge < -0.3 is 14.7 Å². The number of benzene rings is 2. The molecule has 5 rings (SSSR count). The fourth-order valence-electron chi connectivity index (χ4n) is 5.14. The molecule has 1 N–H and O–H groups in total. The molecule has 4 aromatic rings. The van der Waals surface area contributed by atoms with Gasteiger partial charge in [-0.1, -0.05) is 38.1 Å². The van der Waals surface area contributed by atoms with E-state index >= 15 is 0 Å². The number of aromatic nitrogens is 3. The van der Waals surface area contributed by atoms with E-state index in [2.05, 4.69) is 23.9 Å². The highest BCUT2D eigenvalue weighted by atomic mass is 35.5. The Kier molecular flexibility index (Phi) is 8.92. The van der Waals surface area contributed by atoms with E-state index in [4.69, 9.17) is 4.74 Å². The lowest BCUT2D eigenvalue weighted by Gasteiger charge is -2.31. The Hall–Kier alpha value is -3.84. The average molecular weight is 547 g/mol. The molecule has 2 aromatic carbocycles. The minimum atomic E-state index is -0.315. The summed E-state index contributed by atoms with van der Waals surface area (Å²) < 4.78 is 7.13. The third-order valence-electron chi connectivity index (χ3n) is 7.25. The van der Waals surface area contributed by atoms with Crippen molar-refractivity contribution in [1.29, 1.82) is 0 Å². The van der Waals surface area contributed by atoms with Crippen LogP contribution < -0.4 is 9.64 Å². The quantitative estimate of drug-likeness (QED) is 0.283. The largest absolute Gasteiger partial charge is 0.508 e. The molecule has 0 bridgehead atoms. The number of nitrogens with zero attached hydrogens (tertiary/aromatic N) is 4. The van der Waals surface area contributed by atoms with Crippen LogP contribution >= 0.6 is 12.4 Å². The Labute approximate surface area is 235 Å². The van der Waals surface area contributed by atoms with Gasteiger partial charge in [-0.3, -0.25) is 14.5 Å². The molecule has 1 aliphatic rings. The fourth-order valence-corrected chi connectivity index (χ4v) is 5.14. The number of rotatable bonds is 8. The SMILES string of the molecule is COc1ccc(Cn2cc(CN(C(=O)C3CCCc4c(O)cccc43)c3ccc(C(C)C)nc3)cn2)cc1.Cl. The lowest BCUT2D eigenvalue weighted by molar-refractivity contribution is -0.120. The van der Waals surface area contributed by atoms with E-state index in [9.17, 15) is 9.90 Å². The van der Waals surface area contributed by atoms with Crippen LogP contribution in [0.5, 0.6) is 11.5 Å². The van der Waals surface area contributed by atoms with Crippen molar-refractivity contribution in [1.82, 2.24) is 14.8 Å². The predicted octanol–water partition coefficient (Wildman–Crippen LogP) is 6.24. The number of aromatic hydroxyl groups is 1. The van der Waals surface area contributed by atoms with Gasteiger partial charge in [-0.2, -0.15) is 5.10 Å². The van der Waals surface area contributed by atoms with E-state index in [1.807, 2.05) is 70.5 Å². The van der Waals surface area contributed by atoms with Gasteiger partial charge in [0, 0.05) is 17.5 Å². The first-order valence-electron chi connectivity index (χ1n) is 13.1. The van der Waals surface area contributed by atoms with E-state index in [0.29, 0.717) is 19.0 Å². The van der Waals surface area contributed by atoms with E-state index in [1.54, 1.807) is 19.4 Å². The van der Waals surface area contributed by atoms with E-state index in [-0.39, 0.29) is 30.0 Å². The molecule has 0 radical (unpaired) electrons. The van der Waals surface area contributed by atoms with Gasteiger partial charge in [-0.15, -0.1) is 12.4 Å². The lowest BCUT2D eigenvalue weighted by atomic mass is 9.81. The second kappa shape index (κ2) is 12.3. The van der Waals surface area contributed by atoms with Crippen LogP contribution in [0.25, 0.3) is 0 Å². The van der Waals surface area contributed by atoms with Gasteiger partial charge in [0.25, 0.3) is 0 Å². The smallest absolute Gasteiger partial charge is 0.234 e. The number of ether oxygens (including phenoxy) is 1. The molecule has 0 saturated carbocycles. The monoisotopic (exact) mass is 546 g/mol. The second-order valence-corrected chi connectivity index (χ2v) is 10.2. The number of carbonyl (C=O) groups is 1. The number of amides is 1. The molecule has 1 atom stereocenters. The third-order valence-corrected chi connectivity index (χ3v) is 7.25. The molecular formula is C31H35ClN4O3. The summed E-state index contributed by atoms with van der Waals surface area (Å²) in [5.41, 5.74) is 5.61. The minimum absolute atomic E-state index is 0. The van der Waals surface area contributed by atoms with Gasteiger partial charge in [0.1, 0.15) is 11.5 Å². The summed E-state index contributed by atoms with van der Waals surface area (Å²) in [4.78, 5) is 20.6. The van der Waals surface area contributed by atoms with Crippen molar-refractivity contribution in [2.75, 3.05) is 12.0 Å². The summed E-state index contributed by atoms with van der Waals surface area (Å²) in [6.45, 7) is 5.22. The summed E-state index contributed by atoms with van der Waals surface area (Å²) in [5.74, 6) is 1.09. The Morgan fingerprint density at radius 2 is 1.90 bits per heavy atom. The van der Waals surface area contributed by atoms with Crippen LogP contribution in [-0.4, -0.2) is 32.9 Å². The highest BCUT2D eigenvalue weighted by Gasteiger charge is 2.32. The topological polar surface area (TPSA) is 80.5 Å². The minimum Gasteiger partial charge on any atom is -0.508 e. The standard InChI is InChI=1S/C31H34N4O3.ClH/c1-21(2)29-15-12-24(17-32-29)35(31(37)28-8-4-7-27-26(28)6-5-9-30(27)36)20-23-16-33-34(19-23)18-22-10-13-25(38-3)14-11-22;/h5-6,9-17,19,21,28,36H,4,7-8,18,20H2,1-3H3;1H. The summed E-state index contributed by atoms with van der Waals surface area (Å²) in [7, 11) is 1.66. The summed E-state index contributed by atoms with van der Waals surface area (Å²) in [5, 5.41) is 15.0. The van der Waals surface area contributed by atoms with Crippen molar-refractivity contribution in [3.8, 4) is 11.5 Å². The molecule has 1 unspecified atom stereocenters. The Balaban J connectivity index is 0.00000353. The van der Waals surface area contributed by atoms with E-state index < -0.39 is 0 Å². The van der Waals surface area contributed by atoms with Gasteiger partial charge >= 0.3 is 0 Å². The van der Waals surface area contributed by atoms with Gasteiger partial charge in [-0.25, -0.2) is 0 Å². The Bertz CT molecular complexity index is 1400. The third kappa shape index (κ3) is 6.25. The molecule has 1 amide bonds. The first kappa shape index (κ1) is 28.2. The number of hydrogen-bond acceptors (Lipinski definition) is 5. The van der Waals surface area contributed by atoms with E-state index in [0.717, 1.165) is 58.6 Å². The van der Waals surface area contributed by atoms with Crippen molar-refractivity contribution in [3.63, 3.8) is 0 Å². The summed E-state index contributed by atoms with van der Waals surface area (Å²) in [6, 6.07) is 17.4. The molecule has 0 fully saturated rings. The van der Waals surface area contributed by atoms with Gasteiger partial charge in [-0.05, 0) is 72.2 Å². The van der Waals surface area contributed by atoms with Crippen LogP contribution in [0.1, 0.15) is 66.5 Å². The molecule has 39 heavy (non-hydrogen) atoms. The Morgan fingerprint density at radius 1 is 1.10 bits per heavy atom. The van der Waals surface area contributed by atoms with Crippen LogP contribution in [-0.2, 0) is 24.3 Å². The van der Waals surface area contributed by atoms with Crippen LogP contribution in [0.2, 0.25) is 0 Å². The number of hydrogen-bond donors (Lipinski definition) is 1. The van der Waals surface area contributed by atoms with Crippen LogP contribution in [0.15, 0.2) is 73.2 Å². The number of methoxy groups -OCH3 is 1. The average Bonchev–Trinajstić information content (AvgIpc) is 3.38. The summed E-state index contributed by atoms with van der Waals surface area (Å²) in [6.07, 6.45) is 8.00. The second-order valence-electron chi connectivity index (χ2n) is 10.2. The van der Waals surface area contributed by atoms with Crippen LogP contribution in [0.4, 0.5) is 5.69 Å². The number of pyridine rings is 1. The van der Waals surface area contributed by atoms with Gasteiger partial charge in [0.2, 0.25) is 5.91 Å². The van der Waals surface area contributed by atoms with Crippen molar-refractivity contribution >= 4 is 24.0 Å². The fraction of sp³-hybridized carbons (Fsp3) is 0.323. The maximum atomic E-state index is 14.1. The molecule has 1 aliphatic carbocycles. The highest BCUT2D eigenvalue weighted by Crippen LogP contribution is 2.38. The molecule has 7 nitrogen and oxygen atoms in total. The number of carbonyl (C=O) groups excluding carboxylic acids is 1. The lowest BCUT2D eigenvalue weighted by Crippen LogP contribution is -2.36. The predicted molar refractivity (Wildman–Crippen MR) is 155 cm³/mol. The molecule has 8 heteroatoms. The first-order chi connectivity index (χ1) is 18.4. The zero-order chi connectivity index (χ0) is 26.6. The van der Waals surface area contributed by atoms with Gasteiger partial charge in [0.15, 0.2) is 0 Å². The summed E-state index contributed by atoms with van der Waals surface area (Å²) >= 11 is 0. The normalized spacial score (nSPS) is 14.4. The maximum Gasteiger partial charge on any atom is 0.234 e. The zero-order valence-electron chi connectivity index (χ0n) is 22.6. The Morgan fingerprint density at radius 3 is 2.59 bits per heavy atom. The van der Waals surface area contributed by atoms with Crippen molar-refractivity contribution < 1.29 is 14.6 Å². The van der Waals surface area contributed by atoms with Crippen LogP contribution in [0, 0.1) is 0 Å². The number of phenols is 1. The molecule has 0 aliphatic heterocycles. The maximum absolute atomic E-state index is 14.1. The van der Waals surface area contributed by atoms with Crippen LogP contribution in [0.3, 0.4) is 0 Å². The number of fused-ring (bicyclic) bond motifs is 1. The van der Waals surface area contributed by atoms with Crippen molar-refractivity contribution in [3.05, 3.63) is 101 Å². The van der Waals surface area contributed by atoms with Crippen molar-refractivity contribution in [2.45, 2.75) is 58.0 Å². The number of halogens is 1. The van der Waals surface area contributed by atoms with Gasteiger partial charge in [0.05, 0.1) is 44.2 Å². The molecular weight excluding hydrogens is 512 g/mol.